The van der Waals surface area contributed by atoms with Crippen LogP contribution >= 0.6 is 23.2 Å². The van der Waals surface area contributed by atoms with E-state index in [4.69, 9.17) is 27.9 Å². The van der Waals surface area contributed by atoms with E-state index in [0.29, 0.717) is 0 Å². The Kier molecular flexibility index (Phi) is 45.8. The van der Waals surface area contributed by atoms with Crippen LogP contribution < -0.4 is 0 Å². The number of alkyl halides is 2. The summed E-state index contributed by atoms with van der Waals surface area (Å²) in [5, 5.41) is 0.194. The van der Waals surface area contributed by atoms with Crippen LogP contribution in [0.4, 0.5) is 0 Å². The van der Waals surface area contributed by atoms with Gasteiger partial charge in [-0.3, -0.25) is 0 Å². The normalized spacial score (nSPS) is 7.50. The quantitative estimate of drug-likeness (QED) is 0.641. The second-order valence-electron chi connectivity index (χ2n) is 1.88. The van der Waals surface area contributed by atoms with Crippen molar-refractivity contribution in [3.05, 3.63) is 0 Å². The monoisotopic (exact) mass is 216 g/mol. The van der Waals surface area contributed by atoms with Crippen LogP contribution in [0, 0.1) is 0 Å². The molecule has 0 saturated carbocycles. The van der Waals surface area contributed by atoms with Gasteiger partial charge in [0.25, 0.3) is 0 Å². The average Bonchev–Trinajstić information content (AvgIpc) is 2.08. The highest BCUT2D eigenvalue weighted by atomic mass is 35.5. The molecule has 0 aromatic heterocycles. The highest BCUT2D eigenvalue weighted by Gasteiger charge is 1.64. The Morgan fingerprint density at radius 1 is 0.833 bits per heavy atom. The average molecular weight is 217 g/mol. The lowest BCUT2D eigenvalue weighted by Crippen LogP contribution is -1.84. The van der Waals surface area contributed by atoms with Gasteiger partial charge in [0, 0.05) is 13.2 Å². The maximum Gasteiger partial charge on any atom is 0.0967 e. The molecule has 0 saturated heterocycles. The largest absolute Gasteiger partial charge is 0.382 e. The lowest BCUT2D eigenvalue weighted by Gasteiger charge is -1.86. The van der Waals surface area contributed by atoms with Crippen molar-refractivity contribution in [1.29, 1.82) is 0 Å². The zero-order chi connectivity index (χ0) is 10.2. The summed E-state index contributed by atoms with van der Waals surface area (Å²) in [5.41, 5.74) is 0. The molecule has 0 bridgehead atoms. The maximum absolute atomic E-state index is 4.83. The van der Waals surface area contributed by atoms with E-state index in [-0.39, 0.29) is 5.34 Å². The molecule has 78 valence electrons. The molecule has 0 radical (unpaired) electrons. The molecule has 12 heavy (non-hydrogen) atoms. The highest BCUT2D eigenvalue weighted by Crippen LogP contribution is 1.76. The summed E-state index contributed by atoms with van der Waals surface area (Å²) < 4.78 is 4.83. The predicted molar refractivity (Wildman–Crippen MR) is 59.3 cm³/mol. The second-order valence-corrected chi connectivity index (χ2v) is 2.69. The standard InChI is InChI=1S/C4H10O.C4H10.CH2Cl2/c1-3-5-4-2;1-3-4-2;2-1-3/h3-4H2,1-2H3;3-4H2,1-2H3;1H2. The van der Waals surface area contributed by atoms with E-state index < -0.39 is 0 Å². The maximum atomic E-state index is 4.83. The number of rotatable bonds is 3. The summed E-state index contributed by atoms with van der Waals surface area (Å²) >= 11 is 9.53. The molecule has 0 amide bonds. The van der Waals surface area contributed by atoms with Crippen LogP contribution in [-0.4, -0.2) is 18.6 Å². The van der Waals surface area contributed by atoms with E-state index in [1.807, 2.05) is 13.8 Å². The first kappa shape index (κ1) is 18.3. The lowest BCUT2D eigenvalue weighted by molar-refractivity contribution is 0.162. The summed E-state index contributed by atoms with van der Waals surface area (Å²) in [6.45, 7) is 10.0. The minimum Gasteiger partial charge on any atom is -0.382 e. The third kappa shape index (κ3) is 76.5. The first-order valence-electron chi connectivity index (χ1n) is 4.44. The minimum atomic E-state index is 0.194. The molecule has 0 aliphatic carbocycles. The van der Waals surface area contributed by atoms with E-state index in [2.05, 4.69) is 13.8 Å². The van der Waals surface area contributed by atoms with Gasteiger partial charge in [-0.1, -0.05) is 26.7 Å². The topological polar surface area (TPSA) is 9.23 Å². The molecule has 0 aromatic carbocycles. The van der Waals surface area contributed by atoms with Gasteiger partial charge in [-0.15, -0.1) is 23.2 Å². The number of hydrogen-bond donors (Lipinski definition) is 0. The zero-order valence-electron chi connectivity index (χ0n) is 8.70. The van der Waals surface area contributed by atoms with Crippen LogP contribution in [0.3, 0.4) is 0 Å². The summed E-state index contributed by atoms with van der Waals surface area (Å²) in [6, 6.07) is 0. The fourth-order valence-electron chi connectivity index (χ4n) is 0.204. The number of unbranched alkanes of at least 4 members (excludes halogenated alkanes) is 1. The SMILES string of the molecule is CCCC.CCOCC.ClCCl. The Balaban J connectivity index is -0.000000105. The number of ether oxygens (including phenoxy) is 1. The smallest absolute Gasteiger partial charge is 0.0967 e. The van der Waals surface area contributed by atoms with Crippen LogP contribution in [0.25, 0.3) is 0 Å². The molecule has 0 aliphatic heterocycles. The van der Waals surface area contributed by atoms with Gasteiger partial charge in [0.1, 0.15) is 0 Å². The molecule has 3 heteroatoms. The van der Waals surface area contributed by atoms with Crippen molar-refractivity contribution in [2.24, 2.45) is 0 Å². The van der Waals surface area contributed by atoms with Crippen molar-refractivity contribution in [1.82, 2.24) is 0 Å². The van der Waals surface area contributed by atoms with Gasteiger partial charge in [0.2, 0.25) is 0 Å². The van der Waals surface area contributed by atoms with Gasteiger partial charge in [-0.05, 0) is 13.8 Å². The summed E-state index contributed by atoms with van der Waals surface area (Å²) in [4.78, 5) is 0. The fraction of sp³-hybridized carbons (Fsp3) is 1.00. The molecule has 0 N–H and O–H groups in total. The first-order valence-corrected chi connectivity index (χ1v) is 5.51. The van der Waals surface area contributed by atoms with Gasteiger partial charge in [0.05, 0.1) is 5.34 Å². The summed E-state index contributed by atoms with van der Waals surface area (Å²) in [7, 11) is 0. The van der Waals surface area contributed by atoms with E-state index in [1.165, 1.54) is 12.8 Å². The molecule has 1 nitrogen and oxygen atoms in total. The number of halogens is 2. The van der Waals surface area contributed by atoms with Gasteiger partial charge < -0.3 is 4.74 Å². The molecule has 0 fully saturated rings. The third-order valence-corrected chi connectivity index (χ3v) is 0.908. The predicted octanol–water partition coefficient (Wildman–Crippen LogP) is 4.27. The van der Waals surface area contributed by atoms with E-state index in [0.717, 1.165) is 13.2 Å². The summed E-state index contributed by atoms with van der Waals surface area (Å²) in [6.07, 6.45) is 2.64. The molecule has 0 aromatic rings. The van der Waals surface area contributed by atoms with Gasteiger partial charge in [-0.2, -0.15) is 0 Å². The molecule has 0 rings (SSSR count). The Morgan fingerprint density at radius 3 is 1.08 bits per heavy atom. The molecule has 0 atom stereocenters. The molecule has 0 aliphatic rings. The molecule has 0 spiro atoms. The van der Waals surface area contributed by atoms with Crippen LogP contribution in [0.2, 0.25) is 0 Å². The Morgan fingerprint density at radius 2 is 1.08 bits per heavy atom. The van der Waals surface area contributed by atoms with Crippen LogP contribution in [0.15, 0.2) is 0 Å². The Labute approximate surface area is 87.4 Å². The lowest BCUT2D eigenvalue weighted by atomic mass is 10.4. The van der Waals surface area contributed by atoms with Gasteiger partial charge in [-0.25, -0.2) is 0 Å². The van der Waals surface area contributed by atoms with Crippen molar-refractivity contribution in [2.45, 2.75) is 40.5 Å². The van der Waals surface area contributed by atoms with E-state index in [1.54, 1.807) is 0 Å². The van der Waals surface area contributed by atoms with E-state index in [9.17, 15) is 0 Å². The summed E-state index contributed by atoms with van der Waals surface area (Å²) in [5.74, 6) is 0. The van der Waals surface area contributed by atoms with E-state index >= 15 is 0 Å². The van der Waals surface area contributed by atoms with Crippen LogP contribution in [0.5, 0.6) is 0 Å². The van der Waals surface area contributed by atoms with Gasteiger partial charge >= 0.3 is 0 Å². The number of hydrogen-bond acceptors (Lipinski definition) is 1. The minimum absolute atomic E-state index is 0.194. The van der Waals surface area contributed by atoms with Crippen molar-refractivity contribution in [3.8, 4) is 0 Å². The van der Waals surface area contributed by atoms with Crippen LogP contribution in [-0.2, 0) is 4.74 Å². The van der Waals surface area contributed by atoms with Crippen molar-refractivity contribution < 1.29 is 4.74 Å². The third-order valence-electron chi connectivity index (χ3n) is 0.908. The fourth-order valence-corrected chi connectivity index (χ4v) is 0.204. The molecule has 0 unspecified atom stereocenters. The Hall–Kier alpha value is 0.540. The van der Waals surface area contributed by atoms with Crippen molar-refractivity contribution in [3.63, 3.8) is 0 Å². The van der Waals surface area contributed by atoms with Gasteiger partial charge in [0.15, 0.2) is 0 Å². The molecular formula is C9H22Cl2O. The van der Waals surface area contributed by atoms with Crippen molar-refractivity contribution >= 4 is 23.2 Å². The molecular weight excluding hydrogens is 195 g/mol. The second kappa shape index (κ2) is 30.0. The van der Waals surface area contributed by atoms with Crippen molar-refractivity contribution in [2.75, 3.05) is 18.6 Å². The zero-order valence-corrected chi connectivity index (χ0v) is 10.2. The Bertz CT molecular complexity index is 39.5. The molecule has 0 heterocycles. The first-order chi connectivity index (χ1) is 5.74. The van der Waals surface area contributed by atoms with Crippen LogP contribution in [0.1, 0.15) is 40.5 Å². The highest BCUT2D eigenvalue weighted by molar-refractivity contribution is 6.40.